The number of aliphatic imine (C=N–C) groups is 1. The third-order valence-electron chi connectivity index (χ3n) is 3.40. The molecule has 1 atom stereocenters. The van der Waals surface area contributed by atoms with Crippen molar-refractivity contribution in [3.8, 4) is 0 Å². The van der Waals surface area contributed by atoms with Gasteiger partial charge >= 0.3 is 17.8 Å². The van der Waals surface area contributed by atoms with Crippen LogP contribution in [0.3, 0.4) is 0 Å². The summed E-state index contributed by atoms with van der Waals surface area (Å²) in [5.74, 6) is -3.54. The summed E-state index contributed by atoms with van der Waals surface area (Å²) in [5.41, 5.74) is -2.19. The van der Waals surface area contributed by atoms with Gasteiger partial charge in [0.15, 0.2) is 5.84 Å². The van der Waals surface area contributed by atoms with Gasteiger partial charge in [0.25, 0.3) is 0 Å². The van der Waals surface area contributed by atoms with Crippen molar-refractivity contribution in [2.45, 2.75) is 44.9 Å². The van der Waals surface area contributed by atoms with E-state index < -0.39 is 29.6 Å². The molecule has 0 aliphatic carbocycles. The van der Waals surface area contributed by atoms with Crippen LogP contribution in [0.5, 0.6) is 0 Å². The molecule has 3 N–H and O–H groups in total. The minimum Gasteiger partial charge on any atom is -0.463 e. The third kappa shape index (κ3) is 5.64. The zero-order valence-electron chi connectivity index (χ0n) is 14.8. The topological polar surface area (TPSA) is 113 Å². The summed E-state index contributed by atoms with van der Waals surface area (Å²) in [6.45, 7) is 2.70. The molecule has 0 radical (unpaired) electrons. The highest BCUT2D eigenvalue weighted by molar-refractivity contribution is 6.01. The van der Waals surface area contributed by atoms with Gasteiger partial charge in [0, 0.05) is 24.4 Å². The van der Waals surface area contributed by atoms with Crippen molar-refractivity contribution < 1.29 is 32.7 Å². The molecule has 150 valence electrons. The van der Waals surface area contributed by atoms with Gasteiger partial charge in [-0.25, -0.2) is 9.79 Å². The Morgan fingerprint density at radius 1 is 1.26 bits per heavy atom. The highest BCUT2D eigenvalue weighted by Crippen LogP contribution is 2.34. The molecule has 1 aromatic heterocycles. The summed E-state index contributed by atoms with van der Waals surface area (Å²) in [7, 11) is 0. The minimum absolute atomic E-state index is 0.00762. The summed E-state index contributed by atoms with van der Waals surface area (Å²) in [5, 5.41) is 10.9. The molecule has 1 amide bonds. The molecule has 0 fully saturated rings. The average Bonchev–Trinajstić information content (AvgIpc) is 2.63. The monoisotopic (exact) mass is 390 g/mol. The molecular weight excluding hydrogens is 369 g/mol. The van der Waals surface area contributed by atoms with E-state index in [1.807, 2.05) is 0 Å². The second-order valence-electron chi connectivity index (χ2n) is 5.39. The lowest BCUT2D eigenvalue weighted by atomic mass is 10.1. The van der Waals surface area contributed by atoms with Gasteiger partial charge in [-0.15, -0.1) is 0 Å². The van der Waals surface area contributed by atoms with Crippen molar-refractivity contribution in [1.29, 1.82) is 0 Å². The minimum atomic E-state index is -5.34. The SMILES string of the molecule is CCCCC(=O)N[C@@](/N=C(\NO)c1ccncc1)(C(=O)OCC)C(F)(F)F. The largest absolute Gasteiger partial charge is 0.463 e. The van der Waals surface area contributed by atoms with E-state index in [0.29, 0.717) is 12.8 Å². The van der Waals surface area contributed by atoms with Crippen LogP contribution in [0.25, 0.3) is 0 Å². The number of hydroxylamine groups is 1. The summed E-state index contributed by atoms with van der Waals surface area (Å²) in [6, 6.07) is 2.51. The number of amidine groups is 1. The lowest BCUT2D eigenvalue weighted by Gasteiger charge is -2.31. The Hall–Kier alpha value is -2.69. The van der Waals surface area contributed by atoms with E-state index in [9.17, 15) is 28.0 Å². The van der Waals surface area contributed by atoms with Crippen LogP contribution >= 0.6 is 0 Å². The number of nitrogens with one attached hydrogen (secondary N) is 2. The molecule has 1 heterocycles. The van der Waals surface area contributed by atoms with Crippen LogP contribution in [0.15, 0.2) is 29.5 Å². The molecule has 0 saturated heterocycles. The van der Waals surface area contributed by atoms with Gasteiger partial charge in [-0.2, -0.15) is 13.2 Å². The van der Waals surface area contributed by atoms with Crippen molar-refractivity contribution >= 4 is 17.7 Å². The molecule has 0 spiro atoms. The van der Waals surface area contributed by atoms with Crippen LogP contribution in [-0.2, 0) is 14.3 Å². The number of carbonyl (C=O) groups excluding carboxylic acids is 2. The van der Waals surface area contributed by atoms with E-state index in [-0.39, 0.29) is 18.6 Å². The van der Waals surface area contributed by atoms with Crippen LogP contribution in [0.4, 0.5) is 13.2 Å². The Morgan fingerprint density at radius 2 is 1.89 bits per heavy atom. The number of hydrogen-bond donors (Lipinski definition) is 3. The fourth-order valence-corrected chi connectivity index (χ4v) is 2.04. The Morgan fingerprint density at radius 3 is 2.37 bits per heavy atom. The molecule has 0 saturated carbocycles. The summed E-state index contributed by atoms with van der Waals surface area (Å²) < 4.78 is 46.2. The second-order valence-corrected chi connectivity index (χ2v) is 5.39. The average molecular weight is 390 g/mol. The van der Waals surface area contributed by atoms with Gasteiger partial charge in [-0.05, 0) is 25.5 Å². The molecule has 11 heteroatoms. The number of ether oxygens (including phenoxy) is 1. The number of pyridine rings is 1. The first-order chi connectivity index (χ1) is 12.7. The van der Waals surface area contributed by atoms with Crippen molar-refractivity contribution in [3.63, 3.8) is 0 Å². The molecular formula is C16H21F3N4O4. The Balaban J connectivity index is 3.51. The molecule has 0 bridgehead atoms. The molecule has 0 aliphatic rings. The van der Waals surface area contributed by atoms with Gasteiger partial charge in [-0.1, -0.05) is 13.3 Å². The number of aromatic nitrogens is 1. The van der Waals surface area contributed by atoms with E-state index in [4.69, 9.17) is 0 Å². The Kier molecular flexibility index (Phi) is 8.16. The van der Waals surface area contributed by atoms with Crippen LogP contribution in [0, 0.1) is 0 Å². The molecule has 1 aromatic rings. The highest BCUT2D eigenvalue weighted by Gasteiger charge is 2.64. The van der Waals surface area contributed by atoms with Crippen LogP contribution in [0.2, 0.25) is 0 Å². The van der Waals surface area contributed by atoms with Crippen LogP contribution < -0.4 is 10.8 Å². The standard InChI is InChI=1S/C16H21F3N4O4/c1-3-5-6-12(24)21-15(16(17,18)19,14(25)27-4-2)22-13(23-26)11-7-9-20-10-8-11/h7-10,26H,3-6H2,1-2H3,(H,21,24)(H,22,23)/t15-/m1/s1. The number of amides is 1. The van der Waals surface area contributed by atoms with Crippen LogP contribution in [-0.4, -0.2) is 46.3 Å². The maximum atomic E-state index is 13.9. The number of esters is 1. The number of rotatable bonds is 8. The quantitative estimate of drug-likeness (QED) is 0.271. The molecule has 0 aliphatic heterocycles. The first-order valence-electron chi connectivity index (χ1n) is 8.17. The van der Waals surface area contributed by atoms with E-state index >= 15 is 0 Å². The number of nitrogens with zero attached hydrogens (tertiary/aromatic N) is 2. The molecule has 0 aromatic carbocycles. The highest BCUT2D eigenvalue weighted by atomic mass is 19.4. The summed E-state index contributed by atoms with van der Waals surface area (Å²) in [6.07, 6.45) is -2.18. The van der Waals surface area contributed by atoms with Crippen molar-refractivity contribution in [3.05, 3.63) is 30.1 Å². The van der Waals surface area contributed by atoms with Gasteiger partial charge in [0.2, 0.25) is 5.91 Å². The van der Waals surface area contributed by atoms with E-state index in [1.54, 1.807) is 12.2 Å². The molecule has 1 rings (SSSR count). The number of alkyl halides is 3. The number of carbonyl (C=O) groups is 2. The van der Waals surface area contributed by atoms with Crippen LogP contribution in [0.1, 0.15) is 38.7 Å². The Labute approximate surface area is 153 Å². The normalized spacial score (nSPS) is 14.2. The first-order valence-corrected chi connectivity index (χ1v) is 8.17. The van der Waals surface area contributed by atoms with Gasteiger partial charge in [0.05, 0.1) is 6.61 Å². The van der Waals surface area contributed by atoms with Crippen molar-refractivity contribution in [2.24, 2.45) is 4.99 Å². The van der Waals surface area contributed by atoms with Gasteiger partial charge in [0.1, 0.15) is 0 Å². The smallest absolute Gasteiger partial charge is 0.443 e. The summed E-state index contributed by atoms with van der Waals surface area (Å²) in [4.78, 5) is 31.3. The molecule has 0 unspecified atom stereocenters. The molecule has 8 nitrogen and oxygen atoms in total. The predicted molar refractivity (Wildman–Crippen MR) is 88.8 cm³/mol. The molecule has 27 heavy (non-hydrogen) atoms. The number of hydrogen-bond acceptors (Lipinski definition) is 6. The predicted octanol–water partition coefficient (Wildman–Crippen LogP) is 1.94. The zero-order valence-corrected chi connectivity index (χ0v) is 14.8. The fourth-order valence-electron chi connectivity index (χ4n) is 2.04. The maximum Gasteiger partial charge on any atom is 0.443 e. The zero-order chi connectivity index (χ0) is 20.5. The summed E-state index contributed by atoms with van der Waals surface area (Å²) >= 11 is 0. The third-order valence-corrected chi connectivity index (χ3v) is 3.40. The maximum absolute atomic E-state index is 13.9. The Bertz CT molecular complexity index is 667. The fraction of sp³-hybridized carbons (Fsp3) is 0.500. The van der Waals surface area contributed by atoms with E-state index in [1.165, 1.54) is 36.9 Å². The lowest BCUT2D eigenvalue weighted by Crippen LogP contribution is -2.64. The second kappa shape index (κ2) is 9.86. The lowest BCUT2D eigenvalue weighted by molar-refractivity contribution is -0.212. The number of unbranched alkanes of at least 4 members (excludes halogenated alkanes) is 1. The van der Waals surface area contributed by atoms with E-state index in [2.05, 4.69) is 14.7 Å². The van der Waals surface area contributed by atoms with Gasteiger partial charge in [-0.3, -0.25) is 20.5 Å². The van der Waals surface area contributed by atoms with Crippen molar-refractivity contribution in [1.82, 2.24) is 15.8 Å². The van der Waals surface area contributed by atoms with Gasteiger partial charge < -0.3 is 10.1 Å². The first kappa shape index (κ1) is 22.4. The van der Waals surface area contributed by atoms with E-state index in [0.717, 1.165) is 0 Å². The number of halogens is 3. The van der Waals surface area contributed by atoms with Crippen molar-refractivity contribution in [2.75, 3.05) is 6.61 Å².